The van der Waals surface area contributed by atoms with Crippen LogP contribution in [0.1, 0.15) is 19.3 Å². The highest BCUT2D eigenvalue weighted by molar-refractivity contribution is 5.92. The number of hydrogen-bond acceptors (Lipinski definition) is 3. The van der Waals surface area contributed by atoms with Crippen molar-refractivity contribution in [3.63, 3.8) is 0 Å². The average molecular weight is 344 g/mol. The maximum absolute atomic E-state index is 12.0. The Morgan fingerprint density at radius 3 is 3.00 bits per heavy atom. The van der Waals surface area contributed by atoms with Gasteiger partial charge in [0.15, 0.2) is 0 Å². The smallest absolute Gasteiger partial charge is 0.319 e. The van der Waals surface area contributed by atoms with Crippen LogP contribution in [0.2, 0.25) is 0 Å². The van der Waals surface area contributed by atoms with Gasteiger partial charge in [0.1, 0.15) is 0 Å². The number of anilines is 1. The van der Waals surface area contributed by atoms with E-state index in [0.717, 1.165) is 50.0 Å². The number of fused-ring (bicyclic) bond motifs is 1. The van der Waals surface area contributed by atoms with Gasteiger partial charge in [0.25, 0.3) is 0 Å². The number of ether oxygens (including phenoxy) is 1. The van der Waals surface area contributed by atoms with E-state index in [4.69, 9.17) is 4.74 Å². The molecule has 2 amide bonds. The minimum Gasteiger partial charge on any atom is -0.378 e. The van der Waals surface area contributed by atoms with E-state index in [0.29, 0.717) is 12.6 Å². The van der Waals surface area contributed by atoms with Crippen molar-refractivity contribution >= 4 is 22.6 Å². The van der Waals surface area contributed by atoms with E-state index >= 15 is 0 Å². The Balaban J connectivity index is 1.51. The van der Waals surface area contributed by atoms with Gasteiger partial charge in [-0.3, -0.25) is 0 Å². The van der Waals surface area contributed by atoms with E-state index in [1.807, 2.05) is 12.1 Å². The molecule has 1 fully saturated rings. The monoisotopic (exact) mass is 344 g/mol. The zero-order chi connectivity index (χ0) is 17.6. The second-order valence-corrected chi connectivity index (χ2v) is 6.89. The van der Waals surface area contributed by atoms with Crippen LogP contribution >= 0.6 is 0 Å². The first-order chi connectivity index (χ1) is 12.1. The predicted octanol–water partition coefficient (Wildman–Crippen LogP) is 2.89. The molecule has 0 aliphatic carbocycles. The fourth-order valence-corrected chi connectivity index (χ4v) is 3.17. The Bertz CT molecular complexity index is 705. The minimum atomic E-state index is -0.163. The van der Waals surface area contributed by atoms with Crippen molar-refractivity contribution in [1.29, 1.82) is 0 Å². The number of hydrogen-bond donors (Lipinski definition) is 2. The number of urea groups is 1. The Morgan fingerprint density at radius 1 is 1.36 bits per heavy atom. The highest BCUT2D eigenvalue weighted by Gasteiger charge is 2.15. The van der Waals surface area contributed by atoms with E-state index < -0.39 is 0 Å². The summed E-state index contributed by atoms with van der Waals surface area (Å²) in [5, 5.41) is 6.95. The molecule has 1 aromatic carbocycles. The molecule has 0 spiro atoms. The highest BCUT2D eigenvalue weighted by Crippen LogP contribution is 2.20. The van der Waals surface area contributed by atoms with Gasteiger partial charge < -0.3 is 24.8 Å². The van der Waals surface area contributed by atoms with Crippen LogP contribution in [-0.4, -0.2) is 55.4 Å². The number of amides is 2. The first-order valence-corrected chi connectivity index (χ1v) is 9.02. The lowest BCUT2D eigenvalue weighted by Crippen LogP contribution is -2.31. The van der Waals surface area contributed by atoms with E-state index in [1.165, 1.54) is 5.52 Å². The summed E-state index contributed by atoms with van der Waals surface area (Å²) in [7, 11) is 4.15. The second-order valence-electron chi connectivity index (χ2n) is 6.89. The number of carbonyl (C=O) groups is 1. The number of carbonyl (C=O) groups excluding carboxylic acids is 1. The number of likely N-dealkylation sites (N-methyl/N-ethyl adjacent to an activating group) is 1. The summed E-state index contributed by atoms with van der Waals surface area (Å²) in [6.45, 7) is 3.44. The van der Waals surface area contributed by atoms with Gasteiger partial charge in [0.2, 0.25) is 0 Å². The minimum absolute atomic E-state index is 0.163. The van der Waals surface area contributed by atoms with Gasteiger partial charge in [-0.15, -0.1) is 0 Å². The van der Waals surface area contributed by atoms with Crippen LogP contribution < -0.4 is 10.6 Å². The van der Waals surface area contributed by atoms with Crippen LogP contribution in [0.15, 0.2) is 30.5 Å². The highest BCUT2D eigenvalue weighted by atomic mass is 16.5. The average Bonchev–Trinajstić information content (AvgIpc) is 3.22. The first kappa shape index (κ1) is 17.8. The fraction of sp³-hybridized carbons (Fsp3) is 0.526. The van der Waals surface area contributed by atoms with Crippen LogP contribution in [0.25, 0.3) is 10.9 Å². The second kappa shape index (κ2) is 8.36. The molecule has 0 unspecified atom stereocenters. The van der Waals surface area contributed by atoms with Crippen molar-refractivity contribution in [3.05, 3.63) is 30.5 Å². The van der Waals surface area contributed by atoms with E-state index in [-0.39, 0.29) is 6.03 Å². The van der Waals surface area contributed by atoms with Gasteiger partial charge >= 0.3 is 6.03 Å². The predicted molar refractivity (Wildman–Crippen MR) is 101 cm³/mol. The van der Waals surface area contributed by atoms with Crippen molar-refractivity contribution in [1.82, 2.24) is 14.8 Å². The Labute approximate surface area is 149 Å². The zero-order valence-corrected chi connectivity index (χ0v) is 15.1. The van der Waals surface area contributed by atoms with Crippen molar-refractivity contribution < 1.29 is 9.53 Å². The summed E-state index contributed by atoms with van der Waals surface area (Å²) in [5.74, 6) is 0. The molecule has 2 aromatic rings. The Morgan fingerprint density at radius 2 is 2.24 bits per heavy atom. The van der Waals surface area contributed by atoms with Crippen LogP contribution in [0.3, 0.4) is 0 Å². The molecule has 1 atom stereocenters. The van der Waals surface area contributed by atoms with Gasteiger partial charge in [-0.1, -0.05) is 0 Å². The van der Waals surface area contributed by atoms with Crippen molar-refractivity contribution in [2.24, 2.45) is 0 Å². The van der Waals surface area contributed by atoms with Gasteiger partial charge in [-0.25, -0.2) is 4.79 Å². The molecule has 6 nitrogen and oxygen atoms in total. The molecule has 1 saturated heterocycles. The molecular formula is C19H28N4O2. The molecule has 0 bridgehead atoms. The van der Waals surface area contributed by atoms with Crippen molar-refractivity contribution in [2.75, 3.05) is 39.1 Å². The summed E-state index contributed by atoms with van der Waals surface area (Å²) in [6.07, 6.45) is 5.51. The normalized spacial score (nSPS) is 17.3. The molecule has 136 valence electrons. The molecule has 1 aliphatic heterocycles. The number of aromatic nitrogens is 1. The number of benzene rings is 1. The molecule has 0 radical (unpaired) electrons. The number of rotatable bonds is 7. The summed E-state index contributed by atoms with van der Waals surface area (Å²) < 4.78 is 7.80. The molecule has 25 heavy (non-hydrogen) atoms. The van der Waals surface area contributed by atoms with Crippen LogP contribution in [-0.2, 0) is 11.3 Å². The van der Waals surface area contributed by atoms with Crippen LogP contribution in [0.5, 0.6) is 0 Å². The molecule has 1 aliphatic rings. The van der Waals surface area contributed by atoms with Crippen molar-refractivity contribution in [2.45, 2.75) is 31.9 Å². The van der Waals surface area contributed by atoms with Crippen molar-refractivity contribution in [3.8, 4) is 0 Å². The molecule has 0 saturated carbocycles. The van der Waals surface area contributed by atoms with Gasteiger partial charge in [-0.05, 0) is 57.6 Å². The van der Waals surface area contributed by atoms with Gasteiger partial charge in [0, 0.05) is 49.0 Å². The lowest BCUT2D eigenvalue weighted by Gasteiger charge is -2.12. The molecule has 6 heteroatoms. The standard InChI is InChI=1S/C19H28N4O2/c1-22(2)11-12-23-10-8-15-14-16(5-6-18(15)23)21-19(24)20-9-7-17-4-3-13-25-17/h5-6,8,10,14,17H,3-4,7,9,11-13H2,1-2H3,(H2,20,21,24)/t17-/m0/s1. The quantitative estimate of drug-likeness (QED) is 0.812. The zero-order valence-electron chi connectivity index (χ0n) is 15.1. The van der Waals surface area contributed by atoms with Crippen LogP contribution in [0, 0.1) is 0 Å². The summed E-state index contributed by atoms with van der Waals surface area (Å²) in [6, 6.07) is 7.96. The van der Waals surface area contributed by atoms with Gasteiger partial charge in [0.05, 0.1) is 6.10 Å². The number of nitrogens with zero attached hydrogens (tertiary/aromatic N) is 2. The molecule has 2 heterocycles. The van der Waals surface area contributed by atoms with E-state index in [2.05, 4.69) is 52.5 Å². The largest absolute Gasteiger partial charge is 0.378 e. The third kappa shape index (κ3) is 4.96. The van der Waals surface area contributed by atoms with Crippen LogP contribution in [0.4, 0.5) is 10.5 Å². The topological polar surface area (TPSA) is 58.5 Å². The Hall–Kier alpha value is -2.05. The third-order valence-corrected chi connectivity index (χ3v) is 4.59. The lowest BCUT2D eigenvalue weighted by molar-refractivity contribution is 0.105. The maximum atomic E-state index is 12.0. The lowest BCUT2D eigenvalue weighted by atomic mass is 10.2. The molecule has 2 N–H and O–H groups in total. The number of nitrogens with one attached hydrogen (secondary N) is 2. The maximum Gasteiger partial charge on any atom is 0.319 e. The fourth-order valence-electron chi connectivity index (χ4n) is 3.17. The first-order valence-electron chi connectivity index (χ1n) is 9.02. The molecular weight excluding hydrogens is 316 g/mol. The SMILES string of the molecule is CN(C)CCn1ccc2cc(NC(=O)NCC[C@@H]3CCCO3)ccc21. The summed E-state index contributed by atoms with van der Waals surface area (Å²) in [5.41, 5.74) is 2.00. The molecule has 1 aromatic heterocycles. The Kier molecular flexibility index (Phi) is 5.94. The van der Waals surface area contributed by atoms with Gasteiger partial charge in [-0.2, -0.15) is 0 Å². The summed E-state index contributed by atoms with van der Waals surface area (Å²) >= 11 is 0. The summed E-state index contributed by atoms with van der Waals surface area (Å²) in [4.78, 5) is 14.2. The van der Waals surface area contributed by atoms with E-state index in [1.54, 1.807) is 0 Å². The third-order valence-electron chi connectivity index (χ3n) is 4.59. The van der Waals surface area contributed by atoms with E-state index in [9.17, 15) is 4.79 Å². The molecule has 3 rings (SSSR count).